The number of thiophene rings is 1. The fourth-order valence-corrected chi connectivity index (χ4v) is 4.07. The molecular weight excluding hydrogens is 292 g/mol. The number of fused-ring (bicyclic) bond motifs is 1. The zero-order valence-electron chi connectivity index (χ0n) is 13.6. The van der Waals surface area contributed by atoms with Gasteiger partial charge in [-0.2, -0.15) is 0 Å². The molecule has 0 radical (unpaired) electrons. The van der Waals surface area contributed by atoms with Gasteiger partial charge in [0.25, 0.3) is 0 Å². The Kier molecular flexibility index (Phi) is 5.26. The highest BCUT2D eigenvalue weighted by Crippen LogP contribution is 2.28. The molecule has 0 bridgehead atoms. The van der Waals surface area contributed by atoms with E-state index in [1.54, 1.807) is 17.7 Å². The van der Waals surface area contributed by atoms with Gasteiger partial charge >= 0.3 is 0 Å². The highest BCUT2D eigenvalue weighted by Gasteiger charge is 2.14. The summed E-state index contributed by atoms with van der Waals surface area (Å²) in [6, 6.07) is 2.23. The largest absolute Gasteiger partial charge is 0.369 e. The van der Waals surface area contributed by atoms with Crippen molar-refractivity contribution in [3.05, 3.63) is 17.3 Å². The second-order valence-electron chi connectivity index (χ2n) is 6.35. The number of aromatic nitrogens is 2. The molecule has 0 unspecified atom stereocenters. The van der Waals surface area contributed by atoms with Crippen LogP contribution in [0, 0.1) is 5.92 Å². The van der Waals surface area contributed by atoms with E-state index in [1.165, 1.54) is 49.2 Å². The Labute approximate surface area is 137 Å². The minimum absolute atomic E-state index is 0.632. The van der Waals surface area contributed by atoms with Crippen molar-refractivity contribution in [3.63, 3.8) is 0 Å². The molecule has 1 saturated heterocycles. The van der Waals surface area contributed by atoms with Gasteiger partial charge in [0.15, 0.2) is 0 Å². The number of nitrogens with zero attached hydrogens (tertiary/aromatic N) is 3. The summed E-state index contributed by atoms with van der Waals surface area (Å²) >= 11 is 1.77. The lowest BCUT2D eigenvalue weighted by atomic mass is 10.1. The highest BCUT2D eigenvalue weighted by molar-refractivity contribution is 7.18. The Morgan fingerprint density at radius 3 is 2.86 bits per heavy atom. The Morgan fingerprint density at radius 2 is 2.09 bits per heavy atom. The molecule has 0 aromatic carbocycles. The highest BCUT2D eigenvalue weighted by atomic mass is 32.1. The van der Waals surface area contributed by atoms with Crippen molar-refractivity contribution in [1.82, 2.24) is 14.9 Å². The molecule has 0 saturated carbocycles. The van der Waals surface area contributed by atoms with Crippen LogP contribution in [0.15, 0.2) is 12.4 Å². The fraction of sp³-hybridized carbons (Fsp3) is 0.647. The molecule has 5 heteroatoms. The molecule has 1 aliphatic rings. The first-order valence-electron chi connectivity index (χ1n) is 8.46. The van der Waals surface area contributed by atoms with Gasteiger partial charge in [0.2, 0.25) is 0 Å². The molecule has 1 atom stereocenters. The summed E-state index contributed by atoms with van der Waals surface area (Å²) in [6.07, 6.45) is 6.87. The molecule has 2 aromatic rings. The zero-order valence-corrected chi connectivity index (χ0v) is 14.5. The van der Waals surface area contributed by atoms with Gasteiger partial charge < -0.3 is 10.2 Å². The minimum atomic E-state index is 0.632. The van der Waals surface area contributed by atoms with E-state index in [1.807, 2.05) is 0 Å². The van der Waals surface area contributed by atoms with Gasteiger partial charge in [-0.05, 0) is 44.3 Å². The molecule has 0 spiro atoms. The van der Waals surface area contributed by atoms with E-state index in [9.17, 15) is 0 Å². The minimum Gasteiger partial charge on any atom is -0.369 e. The Balaban J connectivity index is 1.59. The van der Waals surface area contributed by atoms with Crippen molar-refractivity contribution < 1.29 is 0 Å². The first kappa shape index (κ1) is 15.7. The average Bonchev–Trinajstić information content (AvgIpc) is 2.97. The third-order valence-corrected chi connectivity index (χ3v) is 5.55. The van der Waals surface area contributed by atoms with Crippen LogP contribution in [0.5, 0.6) is 0 Å². The molecule has 22 heavy (non-hydrogen) atoms. The summed E-state index contributed by atoms with van der Waals surface area (Å²) in [7, 11) is 0. The van der Waals surface area contributed by atoms with E-state index >= 15 is 0 Å². The van der Waals surface area contributed by atoms with Gasteiger partial charge in [-0.25, -0.2) is 9.97 Å². The van der Waals surface area contributed by atoms with Crippen molar-refractivity contribution in [2.75, 3.05) is 31.5 Å². The predicted octanol–water partition coefficient (Wildman–Crippen LogP) is 3.79. The molecule has 4 nitrogen and oxygen atoms in total. The van der Waals surface area contributed by atoms with Crippen LogP contribution < -0.4 is 5.32 Å². The molecule has 3 rings (SSSR count). The van der Waals surface area contributed by atoms with Gasteiger partial charge in [0.1, 0.15) is 17.0 Å². The van der Waals surface area contributed by atoms with Crippen LogP contribution in [0.3, 0.4) is 0 Å². The van der Waals surface area contributed by atoms with Gasteiger partial charge in [-0.15, -0.1) is 11.3 Å². The average molecular weight is 318 g/mol. The van der Waals surface area contributed by atoms with Crippen LogP contribution in [-0.2, 0) is 6.42 Å². The van der Waals surface area contributed by atoms with E-state index in [0.29, 0.717) is 5.92 Å². The fourth-order valence-electron chi connectivity index (χ4n) is 3.14. The van der Waals surface area contributed by atoms with Crippen LogP contribution in [0.2, 0.25) is 0 Å². The van der Waals surface area contributed by atoms with Crippen LogP contribution in [0.4, 0.5) is 5.82 Å². The number of anilines is 1. The van der Waals surface area contributed by atoms with Crippen LogP contribution in [-0.4, -0.2) is 41.0 Å². The summed E-state index contributed by atoms with van der Waals surface area (Å²) in [5.74, 6) is 1.62. The number of hydrogen-bond donors (Lipinski definition) is 1. The van der Waals surface area contributed by atoms with E-state index < -0.39 is 0 Å². The zero-order chi connectivity index (χ0) is 15.4. The van der Waals surface area contributed by atoms with Crippen molar-refractivity contribution in [2.45, 2.75) is 39.5 Å². The monoisotopic (exact) mass is 318 g/mol. The first-order valence-corrected chi connectivity index (χ1v) is 9.27. The summed E-state index contributed by atoms with van der Waals surface area (Å²) < 4.78 is 0. The third-order valence-electron chi connectivity index (χ3n) is 4.37. The van der Waals surface area contributed by atoms with Crippen molar-refractivity contribution >= 4 is 27.4 Å². The lowest BCUT2D eigenvalue weighted by molar-refractivity contribution is 0.204. The normalized spacial score (nSPS) is 17.7. The first-order chi connectivity index (χ1) is 10.8. The van der Waals surface area contributed by atoms with Gasteiger partial charge in [-0.1, -0.05) is 20.3 Å². The van der Waals surface area contributed by atoms with Crippen molar-refractivity contribution in [3.8, 4) is 0 Å². The van der Waals surface area contributed by atoms with Crippen LogP contribution >= 0.6 is 11.3 Å². The van der Waals surface area contributed by atoms with Gasteiger partial charge in [-0.3, -0.25) is 0 Å². The SMILES string of the molecule is CCc1cc2c(NC[C@H](C)CN3CCCCC3)ncnc2s1. The Bertz CT molecular complexity index is 604. The standard InChI is InChI=1S/C17H26N4S/c1-3-14-9-15-16(19-12-20-17(15)22-14)18-10-13(2)11-21-7-5-4-6-8-21/h9,12-13H,3-8,10-11H2,1-2H3,(H,18,19,20)/t13-/m0/s1. The molecule has 2 aromatic heterocycles. The maximum atomic E-state index is 4.44. The van der Waals surface area contributed by atoms with E-state index in [4.69, 9.17) is 0 Å². The van der Waals surface area contributed by atoms with Gasteiger partial charge in [0.05, 0.1) is 5.39 Å². The van der Waals surface area contributed by atoms with Crippen LogP contribution in [0.25, 0.3) is 10.2 Å². The molecule has 1 fully saturated rings. The number of aryl methyl sites for hydroxylation is 1. The molecule has 3 heterocycles. The molecule has 0 aliphatic carbocycles. The second-order valence-corrected chi connectivity index (χ2v) is 7.47. The predicted molar refractivity (Wildman–Crippen MR) is 94.7 cm³/mol. The van der Waals surface area contributed by atoms with Crippen LogP contribution in [0.1, 0.15) is 38.0 Å². The third kappa shape index (κ3) is 3.76. The van der Waals surface area contributed by atoms with E-state index in [-0.39, 0.29) is 0 Å². The molecule has 120 valence electrons. The van der Waals surface area contributed by atoms with Crippen molar-refractivity contribution in [1.29, 1.82) is 0 Å². The van der Waals surface area contributed by atoms with E-state index in [0.717, 1.165) is 23.6 Å². The maximum Gasteiger partial charge on any atom is 0.138 e. The maximum absolute atomic E-state index is 4.44. The smallest absolute Gasteiger partial charge is 0.138 e. The summed E-state index contributed by atoms with van der Waals surface area (Å²) in [4.78, 5) is 13.9. The molecule has 1 aliphatic heterocycles. The lowest BCUT2D eigenvalue weighted by Gasteiger charge is -2.29. The number of piperidine rings is 1. The Hall–Kier alpha value is -1.20. The number of nitrogens with one attached hydrogen (secondary N) is 1. The topological polar surface area (TPSA) is 41.0 Å². The Morgan fingerprint density at radius 1 is 1.27 bits per heavy atom. The van der Waals surface area contributed by atoms with Crippen molar-refractivity contribution in [2.24, 2.45) is 5.92 Å². The lowest BCUT2D eigenvalue weighted by Crippen LogP contribution is -2.35. The number of likely N-dealkylation sites (tertiary alicyclic amines) is 1. The van der Waals surface area contributed by atoms with Gasteiger partial charge in [0, 0.05) is 18.0 Å². The molecule has 0 amide bonds. The summed E-state index contributed by atoms with van der Waals surface area (Å²) in [6.45, 7) is 9.21. The second kappa shape index (κ2) is 7.38. The van der Waals surface area contributed by atoms with E-state index in [2.05, 4.69) is 40.1 Å². The summed E-state index contributed by atoms with van der Waals surface area (Å²) in [5, 5.41) is 4.72. The molecular formula is C17H26N4S. The number of hydrogen-bond acceptors (Lipinski definition) is 5. The summed E-state index contributed by atoms with van der Waals surface area (Å²) in [5.41, 5.74) is 0. The number of rotatable bonds is 6. The quantitative estimate of drug-likeness (QED) is 0.880. The molecule has 1 N–H and O–H groups in total.